The number of nitrogens with zero attached hydrogens (tertiary/aromatic N) is 3. The summed E-state index contributed by atoms with van der Waals surface area (Å²) in [5, 5.41) is 0.0789. The topological polar surface area (TPSA) is 43.9 Å². The van der Waals surface area contributed by atoms with Crippen LogP contribution in [0.15, 0.2) is 48.5 Å². The summed E-state index contributed by atoms with van der Waals surface area (Å²) < 4.78 is 40.0. The number of hydrogen-bond donors (Lipinski definition) is 0. The van der Waals surface area contributed by atoms with Crippen LogP contribution in [0.2, 0.25) is 5.02 Å². The minimum absolute atomic E-state index is 0.0389. The van der Waals surface area contributed by atoms with E-state index in [-0.39, 0.29) is 40.8 Å². The molecule has 2 aliphatic heterocycles. The van der Waals surface area contributed by atoms with E-state index in [0.29, 0.717) is 44.7 Å². The lowest BCUT2D eigenvalue weighted by molar-refractivity contribution is -0.139. The average molecular weight is 564 g/mol. The molecule has 2 aliphatic rings. The molecule has 0 bridgehead atoms. The zero-order valence-corrected chi connectivity index (χ0v) is 23.5. The Balaban J connectivity index is 1.54. The van der Waals surface area contributed by atoms with Crippen LogP contribution in [0.5, 0.6) is 0 Å². The Kier molecular flexibility index (Phi) is 9.27. The third-order valence-corrected chi connectivity index (χ3v) is 8.49. The van der Waals surface area contributed by atoms with E-state index in [4.69, 9.17) is 11.6 Å². The van der Waals surface area contributed by atoms with Crippen LogP contribution in [0.4, 0.5) is 13.2 Å². The number of carbonyl (C=O) groups excluding carboxylic acids is 2. The molecule has 2 fully saturated rings. The van der Waals surface area contributed by atoms with E-state index in [0.717, 1.165) is 30.5 Å². The standard InChI is InChI=1S/C30H37ClF3N3O2/c1-20(2)27-19-36(15-16-37(27)28(39)17-22-11-13-35(14-12-22)21(3)38)29(23-7-5-4-6-8-23)25-10-9-24(18-26(25)31)30(32,33)34/h4-10,18,20,22,27,29H,11-17,19H2,1-3H3/t27-,29?/m1/s1. The van der Waals surface area contributed by atoms with E-state index in [9.17, 15) is 22.8 Å². The van der Waals surface area contributed by atoms with Gasteiger partial charge in [0.15, 0.2) is 0 Å². The summed E-state index contributed by atoms with van der Waals surface area (Å²) >= 11 is 6.50. The van der Waals surface area contributed by atoms with E-state index in [1.807, 2.05) is 40.1 Å². The van der Waals surface area contributed by atoms with Crippen LogP contribution < -0.4 is 0 Å². The molecular weight excluding hydrogens is 527 g/mol. The molecule has 2 aromatic carbocycles. The maximum Gasteiger partial charge on any atom is 0.416 e. The van der Waals surface area contributed by atoms with Crippen LogP contribution in [0.25, 0.3) is 0 Å². The van der Waals surface area contributed by atoms with Crippen molar-refractivity contribution < 1.29 is 22.8 Å². The highest BCUT2D eigenvalue weighted by molar-refractivity contribution is 6.31. The lowest BCUT2D eigenvalue weighted by Crippen LogP contribution is -2.58. The second kappa shape index (κ2) is 12.3. The van der Waals surface area contributed by atoms with E-state index in [1.165, 1.54) is 6.07 Å². The number of likely N-dealkylation sites (tertiary alicyclic amines) is 1. The van der Waals surface area contributed by atoms with Gasteiger partial charge in [0.05, 0.1) is 11.6 Å². The molecule has 1 unspecified atom stereocenters. The van der Waals surface area contributed by atoms with Crippen LogP contribution in [0.1, 0.15) is 62.8 Å². The minimum atomic E-state index is -4.47. The van der Waals surface area contributed by atoms with Gasteiger partial charge >= 0.3 is 6.18 Å². The van der Waals surface area contributed by atoms with E-state index in [2.05, 4.69) is 18.7 Å². The molecule has 5 nitrogen and oxygen atoms in total. The van der Waals surface area contributed by atoms with Crippen LogP contribution in [0, 0.1) is 11.8 Å². The normalized spacial score (nSPS) is 20.4. The van der Waals surface area contributed by atoms with Gasteiger partial charge in [0, 0.05) is 57.1 Å². The SMILES string of the molecule is CC(=O)N1CCC(CC(=O)N2CCN(C(c3ccccc3)c3ccc(C(F)(F)F)cc3Cl)C[C@@H]2C(C)C)CC1. The van der Waals surface area contributed by atoms with Gasteiger partial charge in [-0.2, -0.15) is 13.2 Å². The van der Waals surface area contributed by atoms with Crippen LogP contribution in [0.3, 0.4) is 0 Å². The van der Waals surface area contributed by atoms with Crippen molar-refractivity contribution in [2.24, 2.45) is 11.8 Å². The zero-order chi connectivity index (χ0) is 28.3. The summed E-state index contributed by atoms with van der Waals surface area (Å²) in [7, 11) is 0. The monoisotopic (exact) mass is 563 g/mol. The number of benzene rings is 2. The van der Waals surface area contributed by atoms with Crippen molar-refractivity contribution in [1.82, 2.24) is 14.7 Å². The molecule has 39 heavy (non-hydrogen) atoms. The molecule has 2 aromatic rings. The highest BCUT2D eigenvalue weighted by Crippen LogP contribution is 2.39. The number of piperazine rings is 1. The first-order valence-electron chi connectivity index (χ1n) is 13.7. The smallest absolute Gasteiger partial charge is 0.343 e. The summed E-state index contributed by atoms with van der Waals surface area (Å²) in [6, 6.07) is 12.9. The molecule has 0 spiro atoms. The number of alkyl halides is 3. The highest BCUT2D eigenvalue weighted by Gasteiger charge is 2.38. The molecule has 4 rings (SSSR count). The molecule has 0 aromatic heterocycles. The fraction of sp³-hybridized carbons (Fsp3) is 0.533. The average Bonchev–Trinajstić information content (AvgIpc) is 2.90. The summed E-state index contributed by atoms with van der Waals surface area (Å²) in [6.07, 6.45) is -2.33. The van der Waals surface area contributed by atoms with Gasteiger partial charge in [0.2, 0.25) is 11.8 Å². The van der Waals surface area contributed by atoms with Gasteiger partial charge in [-0.15, -0.1) is 0 Å². The molecule has 0 aliphatic carbocycles. The number of carbonyl (C=O) groups is 2. The fourth-order valence-corrected chi connectivity index (χ4v) is 6.19. The van der Waals surface area contributed by atoms with Gasteiger partial charge in [0.1, 0.15) is 0 Å². The molecular formula is C30H37ClF3N3O2. The van der Waals surface area contributed by atoms with Crippen molar-refractivity contribution in [2.75, 3.05) is 32.7 Å². The van der Waals surface area contributed by atoms with Crippen LogP contribution in [-0.2, 0) is 15.8 Å². The van der Waals surface area contributed by atoms with Gasteiger partial charge in [-0.05, 0) is 47.9 Å². The molecule has 2 saturated heterocycles. The second-order valence-corrected chi connectivity index (χ2v) is 11.5. The summed E-state index contributed by atoms with van der Waals surface area (Å²) in [4.78, 5) is 31.2. The van der Waals surface area contributed by atoms with E-state index >= 15 is 0 Å². The van der Waals surface area contributed by atoms with Crippen LogP contribution >= 0.6 is 11.6 Å². The minimum Gasteiger partial charge on any atom is -0.343 e. The van der Waals surface area contributed by atoms with E-state index in [1.54, 1.807) is 6.92 Å². The Hall–Kier alpha value is -2.58. The first-order chi connectivity index (χ1) is 18.5. The zero-order valence-electron chi connectivity index (χ0n) is 22.8. The molecule has 2 amide bonds. The van der Waals surface area contributed by atoms with Gasteiger partial charge in [-0.25, -0.2) is 0 Å². The lowest BCUT2D eigenvalue weighted by atomic mass is 9.90. The lowest BCUT2D eigenvalue weighted by Gasteiger charge is -2.47. The Labute approximate surface area is 233 Å². The molecule has 2 atom stereocenters. The first kappa shape index (κ1) is 29.4. The maximum atomic E-state index is 13.5. The van der Waals surface area contributed by atoms with Gasteiger partial charge in [0.25, 0.3) is 0 Å². The largest absolute Gasteiger partial charge is 0.416 e. The summed E-state index contributed by atoms with van der Waals surface area (Å²) in [5.74, 6) is 0.674. The Morgan fingerprint density at radius 3 is 2.23 bits per heavy atom. The maximum absolute atomic E-state index is 13.5. The van der Waals surface area contributed by atoms with Crippen molar-refractivity contribution in [3.63, 3.8) is 0 Å². The van der Waals surface area contributed by atoms with Gasteiger partial charge in [-0.3, -0.25) is 14.5 Å². The van der Waals surface area contributed by atoms with E-state index < -0.39 is 11.7 Å². The van der Waals surface area contributed by atoms with Crippen LogP contribution in [-0.4, -0.2) is 65.3 Å². The molecule has 0 N–H and O–H groups in total. The molecule has 2 heterocycles. The van der Waals surface area contributed by atoms with Crippen molar-refractivity contribution in [2.45, 2.75) is 58.3 Å². The molecule has 212 valence electrons. The van der Waals surface area contributed by atoms with Crippen molar-refractivity contribution in [3.8, 4) is 0 Å². The quantitative estimate of drug-likeness (QED) is 0.416. The fourth-order valence-electron chi connectivity index (χ4n) is 5.91. The summed E-state index contributed by atoms with van der Waals surface area (Å²) in [6.45, 7) is 8.87. The van der Waals surface area contributed by atoms with Crippen molar-refractivity contribution in [1.29, 1.82) is 0 Å². The third kappa shape index (κ3) is 6.95. The predicted molar refractivity (Wildman–Crippen MR) is 146 cm³/mol. The van der Waals surface area contributed by atoms with Gasteiger partial charge in [-0.1, -0.05) is 61.8 Å². The Morgan fingerprint density at radius 1 is 1.00 bits per heavy atom. The second-order valence-electron chi connectivity index (χ2n) is 11.1. The Morgan fingerprint density at radius 2 is 1.67 bits per heavy atom. The Bertz CT molecular complexity index is 1150. The highest BCUT2D eigenvalue weighted by atomic mass is 35.5. The number of piperidine rings is 1. The molecule has 0 radical (unpaired) electrons. The number of halogens is 4. The molecule has 9 heteroatoms. The number of rotatable bonds is 6. The number of amides is 2. The van der Waals surface area contributed by atoms with Gasteiger partial charge < -0.3 is 9.80 Å². The summed E-state index contributed by atoms with van der Waals surface area (Å²) in [5.41, 5.74) is 0.793. The predicted octanol–water partition coefficient (Wildman–Crippen LogP) is 6.27. The third-order valence-electron chi connectivity index (χ3n) is 8.17. The molecule has 0 saturated carbocycles. The number of hydrogen-bond acceptors (Lipinski definition) is 3. The van der Waals surface area contributed by atoms with Crippen molar-refractivity contribution >= 4 is 23.4 Å². The first-order valence-corrected chi connectivity index (χ1v) is 14.0. The van der Waals surface area contributed by atoms with Crippen molar-refractivity contribution in [3.05, 3.63) is 70.2 Å².